The highest BCUT2D eigenvalue weighted by Gasteiger charge is 2.42. The molecule has 2 fully saturated rings. The summed E-state index contributed by atoms with van der Waals surface area (Å²) in [7, 11) is -3.42. The van der Waals surface area contributed by atoms with E-state index < -0.39 is 10.2 Å². The maximum atomic E-state index is 13.3. The van der Waals surface area contributed by atoms with E-state index >= 15 is 0 Å². The fourth-order valence-corrected chi connectivity index (χ4v) is 6.51. The van der Waals surface area contributed by atoms with Crippen molar-refractivity contribution >= 4 is 10.2 Å². The first-order valence-electron chi connectivity index (χ1n) is 9.76. The number of rotatable bonds is 3. The number of aromatic nitrogens is 3. The molecule has 0 aliphatic carbocycles. The Bertz CT molecular complexity index is 717. The van der Waals surface area contributed by atoms with Gasteiger partial charge >= 0.3 is 0 Å². The van der Waals surface area contributed by atoms with E-state index in [1.54, 1.807) is 8.61 Å². The van der Waals surface area contributed by atoms with Gasteiger partial charge in [-0.3, -0.25) is 0 Å². The molecular weight excluding hydrogens is 338 g/mol. The molecule has 7 nitrogen and oxygen atoms in total. The van der Waals surface area contributed by atoms with Gasteiger partial charge in [0.2, 0.25) is 0 Å². The lowest BCUT2D eigenvalue weighted by atomic mass is 10.0. The van der Waals surface area contributed by atoms with Crippen LogP contribution in [0, 0.1) is 5.92 Å². The zero-order valence-corrected chi connectivity index (χ0v) is 15.9. The van der Waals surface area contributed by atoms with Crippen molar-refractivity contribution in [2.24, 2.45) is 5.92 Å². The van der Waals surface area contributed by atoms with E-state index in [1.807, 2.05) is 0 Å². The topological polar surface area (TPSA) is 71.3 Å². The second-order valence-corrected chi connectivity index (χ2v) is 9.70. The minimum absolute atomic E-state index is 0.151. The van der Waals surface area contributed by atoms with E-state index in [0.717, 1.165) is 63.1 Å². The summed E-state index contributed by atoms with van der Waals surface area (Å²) in [5.41, 5.74) is 0. The smallest absolute Gasteiger partial charge is 0.282 e. The molecule has 2 saturated heterocycles. The molecule has 4 rings (SSSR count). The van der Waals surface area contributed by atoms with Gasteiger partial charge in [0, 0.05) is 32.6 Å². The number of hydrogen-bond donors (Lipinski definition) is 0. The molecule has 3 aliphatic heterocycles. The lowest BCUT2D eigenvalue weighted by Gasteiger charge is -2.35. The molecule has 0 bridgehead atoms. The molecule has 1 aromatic heterocycles. The van der Waals surface area contributed by atoms with Crippen LogP contribution in [0.2, 0.25) is 0 Å². The highest BCUT2D eigenvalue weighted by Crippen LogP contribution is 2.36. The molecule has 4 heterocycles. The minimum atomic E-state index is -3.42. The Balaban J connectivity index is 1.61. The average molecular weight is 368 g/mol. The number of hydrogen-bond acceptors (Lipinski definition) is 4. The summed E-state index contributed by atoms with van der Waals surface area (Å²) in [6.07, 6.45) is 8.26. The molecule has 0 N–H and O–H groups in total. The van der Waals surface area contributed by atoms with Gasteiger partial charge in [0.15, 0.2) is 5.82 Å². The van der Waals surface area contributed by atoms with E-state index in [0.29, 0.717) is 25.6 Å². The normalized spacial score (nSPS) is 29.5. The molecule has 0 amide bonds. The highest BCUT2D eigenvalue weighted by atomic mass is 32.2. The van der Waals surface area contributed by atoms with Crippen LogP contribution in [0.1, 0.15) is 69.6 Å². The zero-order chi connectivity index (χ0) is 17.4. The first-order chi connectivity index (χ1) is 12.1. The van der Waals surface area contributed by atoms with Crippen LogP contribution in [0.3, 0.4) is 0 Å². The predicted molar refractivity (Wildman–Crippen MR) is 95.1 cm³/mol. The van der Waals surface area contributed by atoms with Crippen molar-refractivity contribution in [2.75, 3.05) is 19.6 Å². The molecule has 3 aliphatic rings. The SMILES string of the molecule is C[C@@H]1CCCN(S(=O)(=O)N2CCC[C@H]2c2nnc3n2CCCCC3)C1. The molecular formula is C17H29N5O2S. The van der Waals surface area contributed by atoms with Gasteiger partial charge in [-0.1, -0.05) is 13.3 Å². The average Bonchev–Trinajstić information content (AvgIpc) is 3.16. The lowest BCUT2D eigenvalue weighted by molar-refractivity contribution is 0.251. The molecule has 0 unspecified atom stereocenters. The zero-order valence-electron chi connectivity index (χ0n) is 15.1. The quantitative estimate of drug-likeness (QED) is 0.820. The van der Waals surface area contributed by atoms with Gasteiger partial charge in [-0.2, -0.15) is 17.0 Å². The Hall–Kier alpha value is -0.990. The molecule has 1 aromatic rings. The molecule has 0 spiro atoms. The van der Waals surface area contributed by atoms with Crippen molar-refractivity contribution in [3.8, 4) is 0 Å². The number of nitrogens with zero attached hydrogens (tertiary/aromatic N) is 5. The summed E-state index contributed by atoms with van der Waals surface area (Å²) in [4.78, 5) is 0. The fraction of sp³-hybridized carbons (Fsp3) is 0.882. The third-order valence-electron chi connectivity index (χ3n) is 5.88. The van der Waals surface area contributed by atoms with Crippen LogP contribution < -0.4 is 0 Å². The van der Waals surface area contributed by atoms with Crippen molar-refractivity contribution < 1.29 is 8.42 Å². The number of fused-ring (bicyclic) bond motifs is 1. The van der Waals surface area contributed by atoms with Gasteiger partial charge in [0.1, 0.15) is 5.82 Å². The van der Waals surface area contributed by atoms with Crippen LogP contribution in [0.5, 0.6) is 0 Å². The third-order valence-corrected chi connectivity index (χ3v) is 7.90. The van der Waals surface area contributed by atoms with E-state index in [2.05, 4.69) is 21.7 Å². The Kier molecular flexibility index (Phi) is 4.85. The number of piperidine rings is 1. The predicted octanol–water partition coefficient (Wildman–Crippen LogP) is 2.12. The standard InChI is InChI=1S/C17H29N5O2S/c1-14-7-5-10-20(13-14)25(23,24)22-12-6-8-15(22)17-19-18-16-9-3-2-4-11-21(16)17/h14-15H,2-13H2,1H3/t14-,15+/m1/s1. The maximum absolute atomic E-state index is 13.3. The Morgan fingerprint density at radius 2 is 1.80 bits per heavy atom. The van der Waals surface area contributed by atoms with Crippen molar-refractivity contribution in [3.63, 3.8) is 0 Å². The van der Waals surface area contributed by atoms with Crippen molar-refractivity contribution in [1.82, 2.24) is 23.4 Å². The second kappa shape index (κ2) is 6.96. The van der Waals surface area contributed by atoms with E-state index in [9.17, 15) is 8.42 Å². The number of aryl methyl sites for hydroxylation is 1. The molecule has 2 atom stereocenters. The summed E-state index contributed by atoms with van der Waals surface area (Å²) >= 11 is 0. The largest absolute Gasteiger partial charge is 0.314 e. The molecule has 0 saturated carbocycles. The summed E-state index contributed by atoms with van der Waals surface area (Å²) in [5, 5.41) is 8.81. The molecule has 25 heavy (non-hydrogen) atoms. The lowest BCUT2D eigenvalue weighted by Crippen LogP contribution is -2.47. The summed E-state index contributed by atoms with van der Waals surface area (Å²) < 4.78 is 32.1. The Morgan fingerprint density at radius 1 is 0.960 bits per heavy atom. The van der Waals surface area contributed by atoms with Crippen LogP contribution in [0.15, 0.2) is 0 Å². The van der Waals surface area contributed by atoms with Gasteiger partial charge in [-0.25, -0.2) is 0 Å². The van der Waals surface area contributed by atoms with Gasteiger partial charge in [-0.05, 0) is 44.4 Å². The van der Waals surface area contributed by atoms with E-state index in [4.69, 9.17) is 0 Å². The summed E-state index contributed by atoms with van der Waals surface area (Å²) in [6.45, 7) is 4.95. The Morgan fingerprint density at radius 3 is 2.64 bits per heavy atom. The minimum Gasteiger partial charge on any atom is -0.314 e. The van der Waals surface area contributed by atoms with Gasteiger partial charge in [0.05, 0.1) is 6.04 Å². The van der Waals surface area contributed by atoms with Gasteiger partial charge in [-0.15, -0.1) is 10.2 Å². The monoisotopic (exact) mass is 367 g/mol. The van der Waals surface area contributed by atoms with E-state index in [-0.39, 0.29) is 6.04 Å². The first-order valence-corrected chi connectivity index (χ1v) is 11.2. The van der Waals surface area contributed by atoms with Crippen LogP contribution in [0.4, 0.5) is 0 Å². The van der Waals surface area contributed by atoms with Crippen LogP contribution >= 0.6 is 0 Å². The highest BCUT2D eigenvalue weighted by molar-refractivity contribution is 7.86. The van der Waals surface area contributed by atoms with E-state index in [1.165, 1.54) is 6.42 Å². The van der Waals surface area contributed by atoms with Crippen LogP contribution in [-0.2, 0) is 23.2 Å². The van der Waals surface area contributed by atoms with Crippen molar-refractivity contribution in [2.45, 2.75) is 70.9 Å². The molecule has 0 radical (unpaired) electrons. The summed E-state index contributed by atoms with van der Waals surface area (Å²) in [6, 6.07) is -0.151. The van der Waals surface area contributed by atoms with Gasteiger partial charge in [0.25, 0.3) is 10.2 Å². The third kappa shape index (κ3) is 3.24. The maximum Gasteiger partial charge on any atom is 0.282 e. The second-order valence-electron chi connectivity index (χ2n) is 7.82. The van der Waals surface area contributed by atoms with Crippen molar-refractivity contribution in [1.29, 1.82) is 0 Å². The Labute approximate surface area is 150 Å². The molecule has 0 aromatic carbocycles. The fourth-order valence-electron chi connectivity index (χ4n) is 4.53. The van der Waals surface area contributed by atoms with Gasteiger partial charge < -0.3 is 4.57 Å². The summed E-state index contributed by atoms with van der Waals surface area (Å²) in [5.74, 6) is 2.33. The first kappa shape index (κ1) is 17.4. The molecule has 8 heteroatoms. The van der Waals surface area contributed by atoms with Crippen molar-refractivity contribution in [3.05, 3.63) is 11.6 Å². The molecule has 140 valence electrons. The van der Waals surface area contributed by atoms with Crippen LogP contribution in [0.25, 0.3) is 0 Å². The van der Waals surface area contributed by atoms with Crippen LogP contribution in [-0.4, -0.2) is 51.4 Å².